The fraction of sp³-hybridized carbons (Fsp3) is 0.0833. The molecule has 0 aliphatic rings. The van der Waals surface area contributed by atoms with Crippen LogP contribution in [0.1, 0.15) is 5.69 Å². The van der Waals surface area contributed by atoms with E-state index < -0.39 is 0 Å². The first-order valence-electron chi connectivity index (χ1n) is 5.27. The number of para-hydroxylation sites is 1. The molecule has 0 atom stereocenters. The van der Waals surface area contributed by atoms with E-state index in [1.165, 1.54) is 6.33 Å². The molecule has 86 valence electrons. The zero-order valence-electron chi connectivity index (χ0n) is 9.98. The third kappa shape index (κ3) is 2.24. The van der Waals surface area contributed by atoms with Gasteiger partial charge in [-0.3, -0.25) is 0 Å². The van der Waals surface area contributed by atoms with Crippen LogP contribution >= 0.6 is 0 Å². The topological polar surface area (TPSA) is 57.7 Å². The van der Waals surface area contributed by atoms with Gasteiger partial charge in [0.1, 0.15) is 12.2 Å². The molecule has 6 heteroatoms. The molecule has 0 spiro atoms. The molecular weight excluding hydrogens is 280 g/mol. The molecule has 0 aliphatic heterocycles. The second-order valence-corrected chi connectivity index (χ2v) is 3.70. The summed E-state index contributed by atoms with van der Waals surface area (Å²) >= 11 is 0. The summed E-state index contributed by atoms with van der Waals surface area (Å²) in [4.78, 5) is 4.23. The summed E-state index contributed by atoms with van der Waals surface area (Å²) in [6, 6.07) is 11.7. The second-order valence-electron chi connectivity index (χ2n) is 3.70. The zero-order chi connectivity index (χ0) is 11.7. The number of aromatic nitrogens is 5. The molecule has 0 aliphatic carbocycles. The summed E-state index contributed by atoms with van der Waals surface area (Å²) < 4.78 is 1.75. The van der Waals surface area contributed by atoms with Crippen molar-refractivity contribution in [3.63, 3.8) is 0 Å². The van der Waals surface area contributed by atoms with Gasteiger partial charge in [0.15, 0.2) is 0 Å². The molecule has 0 saturated heterocycles. The Balaban J connectivity index is 0.00000120. The Morgan fingerprint density at radius 3 is 2.61 bits per heavy atom. The molecular formula is C12H10N5Zn-. The predicted molar refractivity (Wildman–Crippen MR) is 62.6 cm³/mol. The summed E-state index contributed by atoms with van der Waals surface area (Å²) in [5.41, 5.74) is 2.58. The van der Waals surface area contributed by atoms with Crippen molar-refractivity contribution in [3.8, 4) is 17.2 Å². The van der Waals surface area contributed by atoms with Crippen molar-refractivity contribution < 1.29 is 19.5 Å². The van der Waals surface area contributed by atoms with Crippen molar-refractivity contribution in [1.82, 2.24) is 25.0 Å². The van der Waals surface area contributed by atoms with Gasteiger partial charge in [0, 0.05) is 25.2 Å². The van der Waals surface area contributed by atoms with Crippen LogP contribution in [0.15, 0.2) is 42.7 Å². The monoisotopic (exact) mass is 288 g/mol. The molecule has 0 saturated carbocycles. The number of aryl methyl sites for hydroxylation is 1. The Morgan fingerprint density at radius 2 is 1.94 bits per heavy atom. The standard InChI is InChI=1S/C12H10N5.Zn/c1-9-7-11(16-15-9)12-13-8-14-17(12)10-5-3-2-4-6-10;/h2-8H,1H3;/q-1;. The first-order chi connectivity index (χ1) is 8.34. The van der Waals surface area contributed by atoms with Gasteiger partial charge in [-0.15, -0.1) is 0 Å². The largest absolute Gasteiger partial charge is 0.572 e. The third-order valence-electron chi connectivity index (χ3n) is 2.44. The third-order valence-corrected chi connectivity index (χ3v) is 2.44. The van der Waals surface area contributed by atoms with Gasteiger partial charge in [-0.1, -0.05) is 30.0 Å². The summed E-state index contributed by atoms with van der Waals surface area (Å²) in [5, 5.41) is 12.3. The van der Waals surface area contributed by atoms with Gasteiger partial charge in [0.05, 0.1) is 5.69 Å². The Bertz CT molecular complexity index is 629. The van der Waals surface area contributed by atoms with Crippen LogP contribution in [0.4, 0.5) is 0 Å². The van der Waals surface area contributed by atoms with Gasteiger partial charge in [-0.2, -0.15) is 5.10 Å². The molecule has 0 N–H and O–H groups in total. The van der Waals surface area contributed by atoms with E-state index in [4.69, 9.17) is 0 Å². The molecule has 0 radical (unpaired) electrons. The van der Waals surface area contributed by atoms with Crippen molar-refractivity contribution in [2.24, 2.45) is 0 Å². The molecule has 5 nitrogen and oxygen atoms in total. The number of benzene rings is 1. The van der Waals surface area contributed by atoms with Gasteiger partial charge < -0.3 is 10.2 Å². The maximum atomic E-state index is 4.23. The van der Waals surface area contributed by atoms with Crippen LogP contribution in [0.25, 0.3) is 17.2 Å². The molecule has 18 heavy (non-hydrogen) atoms. The Hall–Kier alpha value is -1.81. The minimum absolute atomic E-state index is 0. The average molecular weight is 290 g/mol. The first kappa shape index (κ1) is 12.6. The minimum atomic E-state index is 0. The Kier molecular flexibility index (Phi) is 3.67. The fourth-order valence-electron chi connectivity index (χ4n) is 1.67. The summed E-state index contributed by atoms with van der Waals surface area (Å²) in [6.07, 6.45) is 1.52. The first-order valence-corrected chi connectivity index (χ1v) is 5.27. The number of rotatable bonds is 2. The number of hydrogen-bond donors (Lipinski definition) is 0. The van der Waals surface area contributed by atoms with Gasteiger partial charge in [-0.05, 0) is 19.1 Å². The van der Waals surface area contributed by atoms with E-state index in [-0.39, 0.29) is 19.5 Å². The van der Waals surface area contributed by atoms with E-state index in [2.05, 4.69) is 20.3 Å². The molecule has 0 fully saturated rings. The van der Waals surface area contributed by atoms with E-state index in [1.54, 1.807) is 4.68 Å². The van der Waals surface area contributed by atoms with Gasteiger partial charge in [0.25, 0.3) is 0 Å². The van der Waals surface area contributed by atoms with Crippen LogP contribution in [0.2, 0.25) is 0 Å². The number of hydrogen-bond acceptors (Lipinski definition) is 3. The van der Waals surface area contributed by atoms with E-state index in [0.29, 0.717) is 5.82 Å². The smallest absolute Gasteiger partial charge is 0.142 e. The Morgan fingerprint density at radius 1 is 1.17 bits per heavy atom. The molecule has 2 heterocycles. The molecule has 3 rings (SSSR count). The SMILES string of the molecule is Cc1cc(-c2ncnn2-c2ccccc2)[n-]n1.[Zn]. The van der Waals surface area contributed by atoms with E-state index in [9.17, 15) is 0 Å². The van der Waals surface area contributed by atoms with Crippen molar-refractivity contribution in [1.29, 1.82) is 0 Å². The van der Waals surface area contributed by atoms with Crippen molar-refractivity contribution >= 4 is 0 Å². The van der Waals surface area contributed by atoms with E-state index >= 15 is 0 Å². The van der Waals surface area contributed by atoms with Crippen molar-refractivity contribution in [3.05, 3.63) is 48.4 Å². The maximum Gasteiger partial charge on any atom is 0.142 e. The predicted octanol–water partition coefficient (Wildman–Crippen LogP) is 1.59. The van der Waals surface area contributed by atoms with Crippen molar-refractivity contribution in [2.45, 2.75) is 6.92 Å². The van der Waals surface area contributed by atoms with Crippen LogP contribution in [0.5, 0.6) is 0 Å². The van der Waals surface area contributed by atoms with Gasteiger partial charge >= 0.3 is 0 Å². The van der Waals surface area contributed by atoms with Gasteiger partial charge in [0.2, 0.25) is 0 Å². The molecule has 0 amide bonds. The van der Waals surface area contributed by atoms with Gasteiger partial charge in [-0.25, -0.2) is 9.67 Å². The van der Waals surface area contributed by atoms with Crippen molar-refractivity contribution in [2.75, 3.05) is 0 Å². The summed E-state index contributed by atoms with van der Waals surface area (Å²) in [5.74, 6) is 0.705. The van der Waals surface area contributed by atoms with Crippen LogP contribution in [-0.4, -0.2) is 19.9 Å². The van der Waals surface area contributed by atoms with Crippen LogP contribution in [0.3, 0.4) is 0 Å². The quantitative estimate of drug-likeness (QED) is 0.672. The summed E-state index contributed by atoms with van der Waals surface area (Å²) in [7, 11) is 0. The molecule has 3 aromatic rings. The normalized spacial score (nSPS) is 10.1. The molecule has 0 unspecified atom stereocenters. The van der Waals surface area contributed by atoms with Crippen LogP contribution in [0, 0.1) is 6.92 Å². The number of nitrogens with zero attached hydrogens (tertiary/aromatic N) is 5. The summed E-state index contributed by atoms with van der Waals surface area (Å²) in [6.45, 7) is 1.90. The van der Waals surface area contributed by atoms with Crippen LogP contribution in [-0.2, 0) is 19.5 Å². The fourth-order valence-corrected chi connectivity index (χ4v) is 1.67. The van der Waals surface area contributed by atoms with Crippen LogP contribution < -0.4 is 5.10 Å². The van der Waals surface area contributed by atoms with E-state index in [0.717, 1.165) is 17.1 Å². The maximum absolute atomic E-state index is 4.23. The molecule has 1 aromatic carbocycles. The molecule has 0 bridgehead atoms. The second kappa shape index (κ2) is 5.23. The van der Waals surface area contributed by atoms with E-state index in [1.807, 2.05) is 43.3 Å². The Labute approximate surface area is 117 Å². The zero-order valence-corrected chi connectivity index (χ0v) is 13.0. The average Bonchev–Trinajstić information content (AvgIpc) is 2.98. The molecule has 2 aromatic heterocycles. The minimum Gasteiger partial charge on any atom is -0.572 e.